The molecule has 1 fully saturated rings. The number of carbonyl (C=O) groups excluding carboxylic acids is 2. The lowest BCUT2D eigenvalue weighted by molar-refractivity contribution is -0.137. The minimum Gasteiger partial charge on any atom is -0.353 e. The molecule has 2 amide bonds. The Morgan fingerprint density at radius 1 is 0.949 bits per heavy atom. The van der Waals surface area contributed by atoms with Crippen LogP contribution in [0.5, 0.6) is 0 Å². The highest BCUT2D eigenvalue weighted by atomic mass is 19.4. The summed E-state index contributed by atoms with van der Waals surface area (Å²) in [5, 5.41) is 3.26. The Bertz CT molecular complexity index is 1570. The van der Waals surface area contributed by atoms with Crippen LogP contribution in [0.15, 0.2) is 66.9 Å². The van der Waals surface area contributed by atoms with E-state index < -0.39 is 34.9 Å². The molecule has 0 radical (unpaired) electrons. The Kier molecular flexibility index (Phi) is 6.87. The fourth-order valence-corrected chi connectivity index (χ4v) is 4.40. The van der Waals surface area contributed by atoms with Gasteiger partial charge in [0.05, 0.1) is 39.7 Å². The number of rotatable bonds is 5. The number of fused-ring (bicyclic) bond motifs is 1. The smallest absolute Gasteiger partial charge is 0.353 e. The van der Waals surface area contributed by atoms with Crippen molar-refractivity contribution in [3.8, 4) is 0 Å². The molecule has 0 spiro atoms. The number of ketones is 1. The first-order valence-corrected chi connectivity index (χ1v) is 12.0. The van der Waals surface area contributed by atoms with Gasteiger partial charge in [0.25, 0.3) is 0 Å². The van der Waals surface area contributed by atoms with Crippen LogP contribution in [-0.2, 0) is 6.18 Å². The van der Waals surface area contributed by atoms with Gasteiger partial charge >= 0.3 is 12.2 Å². The standard InChI is InChI=1S/C27H22F4N6O2/c28-21-6-5-19(37(26(32)39)18-3-1-2-17(13-18)27(29,30)31)14-20(21)25(38)16-4-7-22-23(12-16)35-24(15-34-22)36-10-8-33-9-11-36/h1-7,12-15,33H,8-11H2,(H2,32,39). The molecule has 12 heteroatoms. The monoisotopic (exact) mass is 538 g/mol. The Morgan fingerprint density at radius 2 is 1.69 bits per heavy atom. The molecule has 4 aromatic rings. The maximum absolute atomic E-state index is 14.9. The molecular formula is C27H22F4N6O2. The molecule has 1 aliphatic rings. The molecule has 2 heterocycles. The topological polar surface area (TPSA) is 104 Å². The van der Waals surface area contributed by atoms with Crippen LogP contribution in [0.1, 0.15) is 21.5 Å². The number of piperazine rings is 1. The predicted molar refractivity (Wildman–Crippen MR) is 138 cm³/mol. The summed E-state index contributed by atoms with van der Waals surface area (Å²) in [6.07, 6.45) is -3.00. The van der Waals surface area contributed by atoms with Crippen LogP contribution in [0.4, 0.5) is 39.5 Å². The van der Waals surface area contributed by atoms with Crippen LogP contribution in [0.2, 0.25) is 0 Å². The third-order valence-electron chi connectivity index (χ3n) is 6.34. The van der Waals surface area contributed by atoms with Gasteiger partial charge in [-0.3, -0.25) is 14.7 Å². The summed E-state index contributed by atoms with van der Waals surface area (Å²) >= 11 is 0. The molecule has 39 heavy (non-hydrogen) atoms. The quantitative estimate of drug-likeness (QED) is 0.283. The first-order valence-electron chi connectivity index (χ1n) is 12.0. The number of halogens is 4. The summed E-state index contributed by atoms with van der Waals surface area (Å²) in [4.78, 5) is 37.5. The van der Waals surface area contributed by atoms with Crippen molar-refractivity contribution < 1.29 is 27.2 Å². The number of carbonyl (C=O) groups is 2. The number of hydrogen-bond acceptors (Lipinski definition) is 6. The van der Waals surface area contributed by atoms with Crippen molar-refractivity contribution in [2.45, 2.75) is 6.18 Å². The highest BCUT2D eigenvalue weighted by Crippen LogP contribution is 2.34. The van der Waals surface area contributed by atoms with Crippen LogP contribution >= 0.6 is 0 Å². The number of benzene rings is 3. The third-order valence-corrected chi connectivity index (χ3v) is 6.34. The lowest BCUT2D eigenvalue weighted by atomic mass is 10.0. The molecule has 0 unspecified atom stereocenters. The Morgan fingerprint density at radius 3 is 2.41 bits per heavy atom. The van der Waals surface area contributed by atoms with E-state index in [-0.39, 0.29) is 16.9 Å². The zero-order chi connectivity index (χ0) is 27.7. The number of anilines is 3. The lowest BCUT2D eigenvalue weighted by Crippen LogP contribution is -2.43. The molecule has 3 aromatic carbocycles. The molecule has 0 atom stereocenters. The third kappa shape index (κ3) is 5.36. The highest BCUT2D eigenvalue weighted by Gasteiger charge is 2.31. The number of primary amides is 1. The molecule has 0 aliphatic carbocycles. The van der Waals surface area contributed by atoms with Gasteiger partial charge in [0.1, 0.15) is 11.6 Å². The van der Waals surface area contributed by atoms with Gasteiger partial charge in [0.15, 0.2) is 5.78 Å². The van der Waals surface area contributed by atoms with Gasteiger partial charge in [-0.15, -0.1) is 0 Å². The fourth-order valence-electron chi connectivity index (χ4n) is 4.40. The minimum atomic E-state index is -4.66. The number of urea groups is 1. The molecule has 3 N–H and O–H groups in total. The van der Waals surface area contributed by atoms with E-state index in [1.54, 1.807) is 12.3 Å². The van der Waals surface area contributed by atoms with Crippen molar-refractivity contribution in [2.75, 3.05) is 36.0 Å². The average molecular weight is 539 g/mol. The van der Waals surface area contributed by atoms with E-state index in [4.69, 9.17) is 5.73 Å². The van der Waals surface area contributed by atoms with E-state index in [9.17, 15) is 27.2 Å². The van der Waals surface area contributed by atoms with Gasteiger partial charge < -0.3 is 16.0 Å². The maximum Gasteiger partial charge on any atom is 0.416 e. The van der Waals surface area contributed by atoms with Gasteiger partial charge in [0.2, 0.25) is 0 Å². The molecule has 8 nitrogen and oxygen atoms in total. The number of nitrogens with two attached hydrogens (primary N) is 1. The zero-order valence-electron chi connectivity index (χ0n) is 20.4. The van der Waals surface area contributed by atoms with E-state index in [1.165, 1.54) is 18.2 Å². The number of amides is 2. The minimum absolute atomic E-state index is 0.0758. The molecular weight excluding hydrogens is 516 g/mol. The summed E-state index contributed by atoms with van der Waals surface area (Å²) < 4.78 is 54.6. The summed E-state index contributed by atoms with van der Waals surface area (Å²) in [5.41, 5.74) is 4.93. The normalized spacial score (nSPS) is 13.9. The SMILES string of the molecule is NC(=O)N(c1cccc(C(F)(F)F)c1)c1ccc(F)c(C(=O)c2ccc3ncc(N4CCNCC4)nc3c2)c1. The van der Waals surface area contributed by atoms with Gasteiger partial charge in [0, 0.05) is 31.7 Å². The number of alkyl halides is 3. The molecule has 200 valence electrons. The summed E-state index contributed by atoms with van der Waals surface area (Å²) in [6.45, 7) is 3.10. The molecule has 1 saturated heterocycles. The largest absolute Gasteiger partial charge is 0.416 e. The molecule has 5 rings (SSSR count). The van der Waals surface area contributed by atoms with E-state index >= 15 is 0 Å². The summed E-state index contributed by atoms with van der Waals surface area (Å²) in [6, 6.07) is 10.6. The van der Waals surface area contributed by atoms with Crippen molar-refractivity contribution >= 4 is 40.0 Å². The van der Waals surface area contributed by atoms with E-state index in [0.717, 1.165) is 67.5 Å². The van der Waals surface area contributed by atoms with Crippen LogP contribution in [0, 0.1) is 5.82 Å². The average Bonchev–Trinajstić information content (AvgIpc) is 2.93. The predicted octanol–water partition coefficient (Wildman–Crippen LogP) is 4.65. The van der Waals surface area contributed by atoms with Crippen LogP contribution in [0.25, 0.3) is 11.0 Å². The van der Waals surface area contributed by atoms with Crippen molar-refractivity contribution in [2.24, 2.45) is 5.73 Å². The molecule has 1 aliphatic heterocycles. The van der Waals surface area contributed by atoms with Crippen molar-refractivity contribution in [3.05, 3.63) is 89.4 Å². The van der Waals surface area contributed by atoms with E-state index in [1.807, 2.05) is 0 Å². The fraction of sp³-hybridized carbons (Fsp3) is 0.185. The van der Waals surface area contributed by atoms with Crippen molar-refractivity contribution in [3.63, 3.8) is 0 Å². The first-order chi connectivity index (χ1) is 18.6. The number of nitrogens with zero attached hydrogens (tertiary/aromatic N) is 4. The van der Waals surface area contributed by atoms with Gasteiger partial charge in [-0.05, 0) is 54.6 Å². The molecule has 1 aromatic heterocycles. The van der Waals surface area contributed by atoms with E-state index in [0.29, 0.717) is 16.9 Å². The molecule has 0 bridgehead atoms. The molecule has 0 saturated carbocycles. The summed E-state index contributed by atoms with van der Waals surface area (Å²) in [5.74, 6) is -0.933. The lowest BCUT2D eigenvalue weighted by Gasteiger charge is -2.28. The Labute approximate surface area is 220 Å². The second-order valence-electron chi connectivity index (χ2n) is 8.88. The first kappa shape index (κ1) is 26.0. The highest BCUT2D eigenvalue weighted by molar-refractivity contribution is 6.11. The second kappa shape index (κ2) is 10.3. The maximum atomic E-state index is 14.9. The number of hydrogen-bond donors (Lipinski definition) is 2. The second-order valence-corrected chi connectivity index (χ2v) is 8.88. The van der Waals surface area contributed by atoms with Crippen LogP contribution in [-0.4, -0.2) is 48.0 Å². The Balaban J connectivity index is 1.51. The zero-order valence-corrected chi connectivity index (χ0v) is 20.4. The van der Waals surface area contributed by atoms with Gasteiger partial charge in [-0.2, -0.15) is 13.2 Å². The van der Waals surface area contributed by atoms with Crippen LogP contribution < -0.4 is 20.9 Å². The van der Waals surface area contributed by atoms with Gasteiger partial charge in [-0.25, -0.2) is 14.2 Å². The van der Waals surface area contributed by atoms with E-state index in [2.05, 4.69) is 20.2 Å². The Hall–Kier alpha value is -4.58. The summed E-state index contributed by atoms with van der Waals surface area (Å²) in [7, 11) is 0. The number of aromatic nitrogens is 2. The number of nitrogens with one attached hydrogen (secondary N) is 1. The van der Waals surface area contributed by atoms with Gasteiger partial charge in [-0.1, -0.05) is 6.07 Å². The van der Waals surface area contributed by atoms with Crippen LogP contribution in [0.3, 0.4) is 0 Å². The van der Waals surface area contributed by atoms with Crippen molar-refractivity contribution in [1.82, 2.24) is 15.3 Å². The van der Waals surface area contributed by atoms with Crippen molar-refractivity contribution in [1.29, 1.82) is 0 Å².